The zero-order valence-corrected chi connectivity index (χ0v) is 8.58. The quantitative estimate of drug-likeness (QED) is 0.711. The summed E-state index contributed by atoms with van der Waals surface area (Å²) >= 11 is 5.98. The molecule has 2 N–H and O–H groups in total. The summed E-state index contributed by atoms with van der Waals surface area (Å²) in [4.78, 5) is 13.0. The summed E-state index contributed by atoms with van der Waals surface area (Å²) in [5.74, 6) is -0.0579. The molecule has 4 heteroatoms. The van der Waals surface area contributed by atoms with Crippen LogP contribution in [0.3, 0.4) is 0 Å². The fraction of sp³-hybridized carbons (Fsp3) is 0.300. The number of halogens is 1. The van der Waals surface area contributed by atoms with Crippen LogP contribution in [0.25, 0.3) is 0 Å². The number of nitrogens with zero attached hydrogens (tertiary/aromatic N) is 1. The molecule has 1 amide bonds. The number of carbonyl (C=O) groups is 1. The molecule has 2 rings (SSSR count). The molecule has 1 saturated heterocycles. The third kappa shape index (κ3) is 1.38. The molecule has 14 heavy (non-hydrogen) atoms. The standard InChI is InChI=1S/C10H11ClN2O/c1-6-2-3-7(11)9(4-6)13-5-8(12)10(13)14/h2-4,8H,5,12H2,1H3. The van der Waals surface area contributed by atoms with Crippen molar-refractivity contribution < 1.29 is 4.79 Å². The molecule has 0 aromatic heterocycles. The van der Waals surface area contributed by atoms with Crippen LogP contribution in [-0.2, 0) is 4.79 Å². The molecule has 1 atom stereocenters. The Morgan fingerprint density at radius 2 is 2.29 bits per heavy atom. The molecule has 0 spiro atoms. The van der Waals surface area contributed by atoms with Gasteiger partial charge in [0.15, 0.2) is 0 Å². The molecule has 0 radical (unpaired) electrons. The summed E-state index contributed by atoms with van der Waals surface area (Å²) < 4.78 is 0. The van der Waals surface area contributed by atoms with Gasteiger partial charge in [0.1, 0.15) is 6.04 Å². The van der Waals surface area contributed by atoms with Gasteiger partial charge in [-0.25, -0.2) is 0 Å². The maximum absolute atomic E-state index is 11.4. The Morgan fingerprint density at radius 1 is 1.57 bits per heavy atom. The van der Waals surface area contributed by atoms with Crippen LogP contribution in [0.5, 0.6) is 0 Å². The van der Waals surface area contributed by atoms with Crippen molar-refractivity contribution in [3.8, 4) is 0 Å². The van der Waals surface area contributed by atoms with Crippen LogP contribution in [0.2, 0.25) is 5.02 Å². The number of hydrogen-bond acceptors (Lipinski definition) is 2. The third-order valence-electron chi connectivity index (χ3n) is 2.35. The number of rotatable bonds is 1. The number of β-lactam (4-membered cyclic amide) rings is 1. The number of carbonyl (C=O) groups excluding carboxylic acids is 1. The Labute approximate surface area is 87.4 Å². The monoisotopic (exact) mass is 210 g/mol. The lowest BCUT2D eigenvalue weighted by Crippen LogP contribution is -2.61. The van der Waals surface area contributed by atoms with Crippen LogP contribution in [0.1, 0.15) is 5.56 Å². The van der Waals surface area contributed by atoms with Crippen molar-refractivity contribution in [3.05, 3.63) is 28.8 Å². The number of benzene rings is 1. The molecule has 3 nitrogen and oxygen atoms in total. The lowest BCUT2D eigenvalue weighted by Gasteiger charge is -2.36. The Kier molecular flexibility index (Phi) is 2.21. The summed E-state index contributed by atoms with van der Waals surface area (Å²) in [5.41, 5.74) is 7.35. The Bertz CT molecular complexity index is 392. The van der Waals surface area contributed by atoms with Crippen molar-refractivity contribution in [1.82, 2.24) is 0 Å². The van der Waals surface area contributed by atoms with Crippen molar-refractivity contribution in [2.75, 3.05) is 11.4 Å². The highest BCUT2D eigenvalue weighted by molar-refractivity contribution is 6.34. The van der Waals surface area contributed by atoms with Gasteiger partial charge in [0.2, 0.25) is 5.91 Å². The van der Waals surface area contributed by atoms with Gasteiger partial charge in [-0.2, -0.15) is 0 Å². The molecule has 1 aliphatic heterocycles. The molecule has 1 aromatic rings. The third-order valence-corrected chi connectivity index (χ3v) is 2.67. The normalized spacial score (nSPS) is 20.9. The first-order chi connectivity index (χ1) is 6.59. The molecule has 1 fully saturated rings. The Morgan fingerprint density at radius 3 is 2.86 bits per heavy atom. The van der Waals surface area contributed by atoms with Crippen LogP contribution < -0.4 is 10.6 Å². The number of anilines is 1. The van der Waals surface area contributed by atoms with E-state index in [0.717, 1.165) is 11.3 Å². The zero-order valence-electron chi connectivity index (χ0n) is 7.83. The maximum atomic E-state index is 11.4. The first-order valence-electron chi connectivity index (χ1n) is 4.42. The van der Waals surface area contributed by atoms with Crippen LogP contribution in [0.15, 0.2) is 18.2 Å². The molecule has 0 aliphatic carbocycles. The fourth-order valence-corrected chi connectivity index (χ4v) is 1.72. The van der Waals surface area contributed by atoms with Gasteiger partial charge in [-0.3, -0.25) is 4.79 Å². The van der Waals surface area contributed by atoms with Crippen LogP contribution in [0, 0.1) is 6.92 Å². The highest BCUT2D eigenvalue weighted by Crippen LogP contribution is 2.30. The van der Waals surface area contributed by atoms with Gasteiger partial charge in [0.05, 0.1) is 17.3 Å². The van der Waals surface area contributed by atoms with Gasteiger partial charge in [-0.1, -0.05) is 17.7 Å². The summed E-state index contributed by atoms with van der Waals surface area (Å²) in [5, 5.41) is 0.593. The topological polar surface area (TPSA) is 46.3 Å². The average molecular weight is 211 g/mol. The van der Waals surface area contributed by atoms with Gasteiger partial charge in [-0.15, -0.1) is 0 Å². The summed E-state index contributed by atoms with van der Waals surface area (Å²) in [6.45, 7) is 2.52. The predicted molar refractivity (Wildman–Crippen MR) is 56.5 cm³/mol. The van der Waals surface area contributed by atoms with Crippen molar-refractivity contribution >= 4 is 23.2 Å². The minimum absolute atomic E-state index is 0.0579. The second-order valence-electron chi connectivity index (χ2n) is 3.51. The molecular formula is C10H11ClN2O. The summed E-state index contributed by atoms with van der Waals surface area (Å²) in [6, 6.07) is 5.25. The minimum Gasteiger partial charge on any atom is -0.318 e. The molecule has 1 aromatic carbocycles. The SMILES string of the molecule is Cc1ccc(Cl)c(N2CC(N)C2=O)c1. The van der Waals surface area contributed by atoms with Crippen molar-refractivity contribution in [3.63, 3.8) is 0 Å². The van der Waals surface area contributed by atoms with Gasteiger partial charge in [-0.05, 0) is 24.6 Å². The fourth-order valence-electron chi connectivity index (χ4n) is 1.50. The largest absolute Gasteiger partial charge is 0.318 e. The molecule has 0 bridgehead atoms. The smallest absolute Gasteiger partial charge is 0.245 e. The van der Waals surface area contributed by atoms with Crippen LogP contribution in [0.4, 0.5) is 5.69 Å². The van der Waals surface area contributed by atoms with E-state index in [4.69, 9.17) is 17.3 Å². The van der Waals surface area contributed by atoms with E-state index in [0.29, 0.717) is 11.6 Å². The predicted octanol–water partition coefficient (Wildman–Crippen LogP) is 1.32. The molecule has 0 saturated carbocycles. The summed E-state index contributed by atoms with van der Waals surface area (Å²) in [7, 11) is 0. The van der Waals surface area contributed by atoms with E-state index in [-0.39, 0.29) is 11.9 Å². The van der Waals surface area contributed by atoms with Crippen molar-refractivity contribution in [1.29, 1.82) is 0 Å². The van der Waals surface area contributed by atoms with Gasteiger partial charge in [0.25, 0.3) is 0 Å². The Balaban J connectivity index is 2.33. The van der Waals surface area contributed by atoms with Crippen molar-refractivity contribution in [2.24, 2.45) is 5.73 Å². The number of aryl methyl sites for hydroxylation is 1. The molecule has 74 valence electrons. The number of amides is 1. The van der Waals surface area contributed by atoms with Gasteiger partial charge in [0, 0.05) is 0 Å². The first-order valence-corrected chi connectivity index (χ1v) is 4.80. The van der Waals surface area contributed by atoms with E-state index < -0.39 is 0 Å². The van der Waals surface area contributed by atoms with Gasteiger partial charge >= 0.3 is 0 Å². The minimum atomic E-state index is -0.355. The zero-order chi connectivity index (χ0) is 10.3. The lowest BCUT2D eigenvalue weighted by atomic mass is 10.1. The number of nitrogens with two attached hydrogens (primary N) is 1. The molecule has 1 heterocycles. The highest BCUT2D eigenvalue weighted by Gasteiger charge is 2.35. The van der Waals surface area contributed by atoms with E-state index in [1.165, 1.54) is 0 Å². The highest BCUT2D eigenvalue weighted by atomic mass is 35.5. The molecular weight excluding hydrogens is 200 g/mol. The molecule has 1 aliphatic rings. The Hall–Kier alpha value is -1.06. The second kappa shape index (κ2) is 3.26. The van der Waals surface area contributed by atoms with Crippen LogP contribution in [-0.4, -0.2) is 18.5 Å². The second-order valence-corrected chi connectivity index (χ2v) is 3.92. The van der Waals surface area contributed by atoms with E-state index in [2.05, 4.69) is 0 Å². The first kappa shape index (κ1) is 9.49. The average Bonchev–Trinajstić information content (AvgIpc) is 2.18. The van der Waals surface area contributed by atoms with E-state index >= 15 is 0 Å². The van der Waals surface area contributed by atoms with Crippen LogP contribution >= 0.6 is 11.6 Å². The number of hydrogen-bond donors (Lipinski definition) is 1. The summed E-state index contributed by atoms with van der Waals surface area (Å²) in [6.07, 6.45) is 0. The van der Waals surface area contributed by atoms with Gasteiger partial charge < -0.3 is 10.6 Å². The van der Waals surface area contributed by atoms with Crippen molar-refractivity contribution in [2.45, 2.75) is 13.0 Å². The van der Waals surface area contributed by atoms with E-state index in [9.17, 15) is 4.79 Å². The lowest BCUT2D eigenvalue weighted by molar-refractivity contribution is -0.123. The van der Waals surface area contributed by atoms with E-state index in [1.54, 1.807) is 11.0 Å². The van der Waals surface area contributed by atoms with E-state index in [1.807, 2.05) is 19.1 Å². The molecule has 1 unspecified atom stereocenters. The maximum Gasteiger partial charge on any atom is 0.245 e.